The van der Waals surface area contributed by atoms with Crippen molar-refractivity contribution in [3.63, 3.8) is 0 Å². The quantitative estimate of drug-likeness (QED) is 0.347. The number of anilines is 1. The summed E-state index contributed by atoms with van der Waals surface area (Å²) in [6.45, 7) is 0.683. The Labute approximate surface area is 96.7 Å². The van der Waals surface area contributed by atoms with Crippen molar-refractivity contribution in [3.05, 3.63) is 34.6 Å². The zero-order valence-corrected chi connectivity index (χ0v) is 8.95. The molecule has 1 aromatic heterocycles. The summed E-state index contributed by atoms with van der Waals surface area (Å²) >= 11 is 0. The molecule has 88 valence electrons. The van der Waals surface area contributed by atoms with Crippen molar-refractivity contribution < 1.29 is 9.18 Å². The zero-order chi connectivity index (χ0) is 12.3. The van der Waals surface area contributed by atoms with E-state index in [4.69, 9.17) is 5.53 Å². The minimum Gasteiger partial charge on any atom is -0.296 e. The molecule has 0 bridgehead atoms. The number of amides is 1. The Kier molecular flexibility index (Phi) is 3.20. The van der Waals surface area contributed by atoms with E-state index in [9.17, 15) is 9.18 Å². The van der Waals surface area contributed by atoms with Crippen molar-refractivity contribution in [2.45, 2.75) is 6.42 Å². The fourth-order valence-electron chi connectivity index (χ4n) is 1.83. The van der Waals surface area contributed by atoms with Crippen molar-refractivity contribution >= 4 is 11.7 Å². The normalized spacial score (nSPS) is 19.2. The maximum absolute atomic E-state index is 12.9. The summed E-state index contributed by atoms with van der Waals surface area (Å²) < 4.78 is 12.9. The molecule has 1 amide bonds. The van der Waals surface area contributed by atoms with Gasteiger partial charge in [0.05, 0.1) is 0 Å². The van der Waals surface area contributed by atoms with Gasteiger partial charge in [-0.25, -0.2) is 4.98 Å². The van der Waals surface area contributed by atoms with Crippen LogP contribution in [0, 0.1) is 11.9 Å². The van der Waals surface area contributed by atoms with E-state index in [0.29, 0.717) is 18.8 Å². The first-order valence-corrected chi connectivity index (χ1v) is 5.14. The number of halogens is 1. The third-order valence-corrected chi connectivity index (χ3v) is 2.59. The Balaban J connectivity index is 2.12. The lowest BCUT2D eigenvalue weighted by molar-refractivity contribution is -0.117. The third-order valence-electron chi connectivity index (χ3n) is 2.59. The van der Waals surface area contributed by atoms with E-state index < -0.39 is 5.95 Å². The van der Waals surface area contributed by atoms with Crippen LogP contribution in [0.25, 0.3) is 10.4 Å². The molecule has 2 heterocycles. The highest BCUT2D eigenvalue weighted by molar-refractivity contribution is 5.94. The van der Waals surface area contributed by atoms with E-state index in [2.05, 4.69) is 15.0 Å². The highest BCUT2D eigenvalue weighted by Gasteiger charge is 2.30. The number of azide groups is 1. The molecule has 2 rings (SSSR count). The van der Waals surface area contributed by atoms with E-state index in [-0.39, 0.29) is 18.4 Å². The molecule has 0 radical (unpaired) electrons. The molecule has 1 atom stereocenters. The van der Waals surface area contributed by atoms with Gasteiger partial charge in [-0.2, -0.15) is 4.39 Å². The van der Waals surface area contributed by atoms with E-state index in [1.54, 1.807) is 6.07 Å². The van der Waals surface area contributed by atoms with Gasteiger partial charge in [0.1, 0.15) is 5.82 Å². The van der Waals surface area contributed by atoms with Crippen molar-refractivity contribution in [1.29, 1.82) is 0 Å². The lowest BCUT2D eigenvalue weighted by atomic mass is 10.1. The van der Waals surface area contributed by atoms with Gasteiger partial charge >= 0.3 is 0 Å². The lowest BCUT2D eigenvalue weighted by Crippen LogP contribution is -2.25. The number of rotatable bonds is 3. The molecule has 1 saturated heterocycles. The number of aromatic nitrogens is 1. The largest absolute Gasteiger partial charge is 0.296 e. The van der Waals surface area contributed by atoms with Crippen LogP contribution in [0.15, 0.2) is 23.3 Å². The summed E-state index contributed by atoms with van der Waals surface area (Å²) in [6, 6.07) is 4.31. The second-order valence-corrected chi connectivity index (χ2v) is 3.81. The van der Waals surface area contributed by atoms with E-state index in [0.717, 1.165) is 0 Å². The zero-order valence-electron chi connectivity index (χ0n) is 8.95. The topological polar surface area (TPSA) is 82.0 Å². The molecule has 1 aliphatic heterocycles. The van der Waals surface area contributed by atoms with Gasteiger partial charge in [-0.1, -0.05) is 11.2 Å². The summed E-state index contributed by atoms with van der Waals surface area (Å²) in [6.07, 6.45) is 0.303. The van der Waals surface area contributed by atoms with Gasteiger partial charge < -0.3 is 0 Å². The Morgan fingerprint density at radius 3 is 3.18 bits per heavy atom. The van der Waals surface area contributed by atoms with Gasteiger partial charge in [0.25, 0.3) is 0 Å². The van der Waals surface area contributed by atoms with Gasteiger partial charge in [0.15, 0.2) is 0 Å². The molecule has 0 N–H and O–H groups in total. The standard InChI is InChI=1S/C10H10FN5O/c11-8-2-1-3-9(14-8)16-6-7(4-10(16)17)5-13-15-12/h1-3,7H,4-6H2. The molecular formula is C10H10FN5O. The van der Waals surface area contributed by atoms with E-state index in [1.807, 2.05) is 0 Å². The second-order valence-electron chi connectivity index (χ2n) is 3.81. The number of carbonyl (C=O) groups excluding carboxylic acids is 1. The maximum Gasteiger partial charge on any atom is 0.228 e. The third kappa shape index (κ3) is 2.51. The van der Waals surface area contributed by atoms with Crippen LogP contribution in [0.1, 0.15) is 6.42 Å². The van der Waals surface area contributed by atoms with Crippen LogP contribution in [-0.4, -0.2) is 24.0 Å². The van der Waals surface area contributed by atoms with Crippen molar-refractivity contribution in [1.82, 2.24) is 4.98 Å². The summed E-state index contributed by atoms with van der Waals surface area (Å²) in [7, 11) is 0. The van der Waals surface area contributed by atoms with Crippen molar-refractivity contribution in [2.75, 3.05) is 18.0 Å². The Bertz CT molecular complexity index is 485. The molecule has 1 aromatic rings. The van der Waals surface area contributed by atoms with Gasteiger partial charge in [-0.15, -0.1) is 0 Å². The van der Waals surface area contributed by atoms with Crippen LogP contribution in [0.2, 0.25) is 0 Å². The fourth-order valence-corrected chi connectivity index (χ4v) is 1.83. The summed E-state index contributed by atoms with van der Waals surface area (Å²) in [5.41, 5.74) is 8.21. The van der Waals surface area contributed by atoms with Gasteiger partial charge in [-0.05, 0) is 23.6 Å². The minimum atomic E-state index is -0.617. The van der Waals surface area contributed by atoms with Crippen molar-refractivity contribution in [3.8, 4) is 0 Å². The summed E-state index contributed by atoms with van der Waals surface area (Å²) in [5.74, 6) is -0.461. The minimum absolute atomic E-state index is 0.0246. The molecule has 1 fully saturated rings. The van der Waals surface area contributed by atoms with Gasteiger partial charge in [-0.3, -0.25) is 9.69 Å². The average molecular weight is 235 g/mol. The number of carbonyl (C=O) groups is 1. The molecule has 1 unspecified atom stereocenters. The predicted octanol–water partition coefficient (Wildman–Crippen LogP) is 1.88. The maximum atomic E-state index is 12.9. The molecule has 0 aromatic carbocycles. The second kappa shape index (κ2) is 4.80. The lowest BCUT2D eigenvalue weighted by Gasteiger charge is -2.14. The highest BCUT2D eigenvalue weighted by atomic mass is 19.1. The number of nitrogens with zero attached hydrogens (tertiary/aromatic N) is 5. The highest BCUT2D eigenvalue weighted by Crippen LogP contribution is 2.23. The van der Waals surface area contributed by atoms with Crippen LogP contribution in [0.4, 0.5) is 10.2 Å². The molecule has 0 saturated carbocycles. The predicted molar refractivity (Wildman–Crippen MR) is 58.7 cm³/mol. The molecule has 17 heavy (non-hydrogen) atoms. The molecular weight excluding hydrogens is 225 g/mol. The molecule has 6 nitrogen and oxygen atoms in total. The first kappa shape index (κ1) is 11.3. The number of hydrogen-bond acceptors (Lipinski definition) is 3. The smallest absolute Gasteiger partial charge is 0.228 e. The first-order chi connectivity index (χ1) is 8.20. The summed E-state index contributed by atoms with van der Waals surface area (Å²) in [5, 5.41) is 3.44. The van der Waals surface area contributed by atoms with Crippen LogP contribution in [0.3, 0.4) is 0 Å². The average Bonchev–Trinajstić information content (AvgIpc) is 2.68. The Morgan fingerprint density at radius 1 is 1.65 bits per heavy atom. The SMILES string of the molecule is [N-]=[N+]=NCC1CC(=O)N(c2cccc(F)n2)C1. The fraction of sp³-hybridized carbons (Fsp3) is 0.400. The number of hydrogen-bond donors (Lipinski definition) is 0. The summed E-state index contributed by atoms with van der Waals surface area (Å²) in [4.78, 5) is 19.4. The molecule has 0 spiro atoms. The van der Waals surface area contributed by atoms with Crippen molar-refractivity contribution in [2.24, 2.45) is 11.0 Å². The Morgan fingerprint density at radius 2 is 2.47 bits per heavy atom. The van der Waals surface area contributed by atoms with Crippen LogP contribution in [-0.2, 0) is 4.79 Å². The van der Waals surface area contributed by atoms with Gasteiger partial charge in [0.2, 0.25) is 11.9 Å². The number of pyridine rings is 1. The first-order valence-electron chi connectivity index (χ1n) is 5.14. The van der Waals surface area contributed by atoms with E-state index in [1.165, 1.54) is 17.0 Å². The monoisotopic (exact) mass is 235 g/mol. The Hall–Kier alpha value is -2.14. The van der Waals surface area contributed by atoms with Gasteiger partial charge in [0, 0.05) is 24.4 Å². The molecule has 1 aliphatic rings. The molecule has 7 heteroatoms. The van der Waals surface area contributed by atoms with Crippen LogP contribution >= 0.6 is 0 Å². The van der Waals surface area contributed by atoms with Crippen LogP contribution < -0.4 is 4.90 Å². The van der Waals surface area contributed by atoms with E-state index >= 15 is 0 Å². The molecule has 0 aliphatic carbocycles. The van der Waals surface area contributed by atoms with Crippen LogP contribution in [0.5, 0.6) is 0 Å².